The molecular formula is C11H13N3O2. The third-order valence-corrected chi connectivity index (χ3v) is 2.72. The van der Waals surface area contributed by atoms with Crippen molar-refractivity contribution >= 4 is 11.9 Å². The van der Waals surface area contributed by atoms with Gasteiger partial charge in [-0.1, -0.05) is 6.58 Å². The lowest BCUT2D eigenvalue weighted by atomic mass is 10.1. The van der Waals surface area contributed by atoms with Gasteiger partial charge in [-0.25, -0.2) is 9.97 Å². The topological polar surface area (TPSA) is 55.3 Å². The van der Waals surface area contributed by atoms with Gasteiger partial charge in [0.1, 0.15) is 5.60 Å². The van der Waals surface area contributed by atoms with Gasteiger partial charge >= 0.3 is 0 Å². The summed E-state index contributed by atoms with van der Waals surface area (Å²) in [5.74, 6) is 0.171. The molecule has 0 saturated carbocycles. The normalized spacial score (nSPS) is 25.2. The van der Waals surface area contributed by atoms with E-state index in [4.69, 9.17) is 4.74 Å². The van der Waals surface area contributed by atoms with Crippen LogP contribution in [0.1, 0.15) is 13.3 Å². The molecule has 0 radical (unpaired) electrons. The van der Waals surface area contributed by atoms with Crippen molar-refractivity contribution in [3.05, 3.63) is 30.7 Å². The van der Waals surface area contributed by atoms with Crippen LogP contribution < -0.4 is 4.90 Å². The van der Waals surface area contributed by atoms with Gasteiger partial charge < -0.3 is 4.74 Å². The van der Waals surface area contributed by atoms with Crippen molar-refractivity contribution < 1.29 is 9.53 Å². The van der Waals surface area contributed by atoms with Gasteiger partial charge in [0.15, 0.2) is 0 Å². The Kier molecular flexibility index (Phi) is 2.47. The fourth-order valence-corrected chi connectivity index (χ4v) is 1.72. The quantitative estimate of drug-likeness (QED) is 0.748. The molecule has 1 saturated heterocycles. The summed E-state index contributed by atoms with van der Waals surface area (Å²) >= 11 is 0. The van der Waals surface area contributed by atoms with Gasteiger partial charge in [0.25, 0.3) is 5.91 Å². The molecule has 1 amide bonds. The highest BCUT2D eigenvalue weighted by atomic mass is 16.5. The van der Waals surface area contributed by atoms with E-state index in [1.807, 2.05) is 0 Å². The molecular weight excluding hydrogens is 206 g/mol. The molecule has 1 aliphatic rings. The van der Waals surface area contributed by atoms with Gasteiger partial charge in [-0.3, -0.25) is 9.69 Å². The Labute approximate surface area is 93.8 Å². The zero-order valence-corrected chi connectivity index (χ0v) is 9.30. The van der Waals surface area contributed by atoms with Crippen LogP contribution in [-0.4, -0.2) is 28.6 Å². The molecule has 2 rings (SSSR count). The van der Waals surface area contributed by atoms with Gasteiger partial charge in [-0.05, 0) is 13.0 Å². The number of rotatable bonds is 2. The lowest BCUT2D eigenvalue weighted by Crippen LogP contribution is -2.39. The first kappa shape index (κ1) is 10.8. The van der Waals surface area contributed by atoms with Crippen LogP contribution in [0.3, 0.4) is 0 Å². The fraction of sp³-hybridized carbons (Fsp3) is 0.364. The second-order valence-corrected chi connectivity index (χ2v) is 3.87. The Hall–Kier alpha value is -1.75. The van der Waals surface area contributed by atoms with E-state index in [1.165, 1.54) is 12.0 Å². The molecule has 0 spiro atoms. The predicted molar refractivity (Wildman–Crippen MR) is 58.7 cm³/mol. The third kappa shape index (κ3) is 1.49. The molecule has 1 aromatic heterocycles. The number of hydrogen-bond donors (Lipinski definition) is 0. The summed E-state index contributed by atoms with van der Waals surface area (Å²) < 4.78 is 5.23. The molecule has 1 aliphatic heterocycles. The molecule has 1 aromatic rings. The number of nitrogens with zero attached hydrogens (tertiary/aromatic N) is 3. The third-order valence-electron chi connectivity index (χ3n) is 2.72. The smallest absolute Gasteiger partial charge is 0.266 e. The molecule has 0 aliphatic carbocycles. The SMILES string of the molecule is C=C1CC(C)(OC)C(=O)N1c1ncccn1. The molecule has 1 unspecified atom stereocenters. The number of carbonyl (C=O) groups excluding carboxylic acids is 1. The van der Waals surface area contributed by atoms with Crippen LogP contribution in [0.4, 0.5) is 5.95 Å². The molecule has 2 heterocycles. The average molecular weight is 219 g/mol. The van der Waals surface area contributed by atoms with Crippen molar-refractivity contribution in [1.29, 1.82) is 0 Å². The Morgan fingerprint density at radius 3 is 2.62 bits per heavy atom. The second-order valence-electron chi connectivity index (χ2n) is 3.87. The highest BCUT2D eigenvalue weighted by molar-refractivity contribution is 6.03. The van der Waals surface area contributed by atoms with Gasteiger partial charge in [-0.2, -0.15) is 0 Å². The maximum atomic E-state index is 12.1. The number of hydrogen-bond acceptors (Lipinski definition) is 4. The first-order valence-electron chi connectivity index (χ1n) is 4.93. The zero-order valence-electron chi connectivity index (χ0n) is 9.30. The number of aromatic nitrogens is 2. The van der Waals surface area contributed by atoms with Gasteiger partial charge in [0.2, 0.25) is 5.95 Å². The van der Waals surface area contributed by atoms with Crippen LogP contribution in [0.2, 0.25) is 0 Å². The van der Waals surface area contributed by atoms with Crippen LogP contribution in [-0.2, 0) is 9.53 Å². The lowest BCUT2D eigenvalue weighted by Gasteiger charge is -2.20. The van der Waals surface area contributed by atoms with Crippen LogP contribution in [0.5, 0.6) is 0 Å². The van der Waals surface area contributed by atoms with Crippen molar-refractivity contribution in [2.24, 2.45) is 0 Å². The number of methoxy groups -OCH3 is 1. The summed E-state index contributed by atoms with van der Waals surface area (Å²) in [4.78, 5) is 21.6. The molecule has 0 N–H and O–H groups in total. The monoisotopic (exact) mass is 219 g/mol. The molecule has 5 nitrogen and oxygen atoms in total. The summed E-state index contributed by atoms with van der Waals surface area (Å²) in [6, 6.07) is 1.70. The van der Waals surface area contributed by atoms with E-state index in [1.54, 1.807) is 25.4 Å². The Morgan fingerprint density at radius 1 is 1.50 bits per heavy atom. The van der Waals surface area contributed by atoms with Crippen LogP contribution in [0, 0.1) is 0 Å². The minimum Gasteiger partial charge on any atom is -0.368 e. The van der Waals surface area contributed by atoms with Crippen molar-refractivity contribution in [2.45, 2.75) is 18.9 Å². The Morgan fingerprint density at radius 2 is 2.12 bits per heavy atom. The van der Waals surface area contributed by atoms with E-state index in [2.05, 4.69) is 16.5 Å². The number of carbonyl (C=O) groups is 1. The largest absolute Gasteiger partial charge is 0.368 e. The van der Waals surface area contributed by atoms with E-state index >= 15 is 0 Å². The summed E-state index contributed by atoms with van der Waals surface area (Å²) in [6.07, 6.45) is 3.64. The number of anilines is 1. The second kappa shape index (κ2) is 3.68. The summed E-state index contributed by atoms with van der Waals surface area (Å²) in [5.41, 5.74) is -0.198. The number of amides is 1. The minimum atomic E-state index is -0.851. The maximum Gasteiger partial charge on any atom is 0.266 e. The first-order valence-corrected chi connectivity index (χ1v) is 4.93. The van der Waals surface area contributed by atoms with E-state index in [0.717, 1.165) is 0 Å². The van der Waals surface area contributed by atoms with Gasteiger partial charge in [0.05, 0.1) is 0 Å². The molecule has 1 fully saturated rings. The van der Waals surface area contributed by atoms with E-state index in [0.29, 0.717) is 18.1 Å². The van der Waals surface area contributed by atoms with E-state index in [9.17, 15) is 4.79 Å². The molecule has 16 heavy (non-hydrogen) atoms. The Bertz CT molecular complexity index is 432. The molecule has 0 bridgehead atoms. The standard InChI is InChI=1S/C11H13N3O2/c1-8-7-11(2,16-3)9(15)14(8)10-12-5-4-6-13-10/h4-6H,1,7H2,2-3H3. The molecule has 0 aromatic carbocycles. The first-order chi connectivity index (χ1) is 7.58. The van der Waals surface area contributed by atoms with Crippen molar-refractivity contribution in [3.8, 4) is 0 Å². The number of ether oxygens (including phenoxy) is 1. The molecule has 5 heteroatoms. The minimum absolute atomic E-state index is 0.175. The fourth-order valence-electron chi connectivity index (χ4n) is 1.72. The average Bonchev–Trinajstić information content (AvgIpc) is 2.52. The van der Waals surface area contributed by atoms with Crippen molar-refractivity contribution in [3.63, 3.8) is 0 Å². The predicted octanol–water partition coefficient (Wildman–Crippen LogP) is 1.13. The summed E-state index contributed by atoms with van der Waals surface area (Å²) in [5, 5.41) is 0. The Balaban J connectivity index is 2.38. The zero-order chi connectivity index (χ0) is 11.8. The maximum absolute atomic E-state index is 12.1. The van der Waals surface area contributed by atoms with Crippen LogP contribution in [0.15, 0.2) is 30.7 Å². The van der Waals surface area contributed by atoms with Gasteiger partial charge in [-0.15, -0.1) is 0 Å². The van der Waals surface area contributed by atoms with E-state index < -0.39 is 5.60 Å². The molecule has 1 atom stereocenters. The van der Waals surface area contributed by atoms with Crippen molar-refractivity contribution in [1.82, 2.24) is 9.97 Å². The highest BCUT2D eigenvalue weighted by Gasteiger charge is 2.47. The summed E-state index contributed by atoms with van der Waals surface area (Å²) in [7, 11) is 1.51. The van der Waals surface area contributed by atoms with Crippen molar-refractivity contribution in [2.75, 3.05) is 12.0 Å². The van der Waals surface area contributed by atoms with Crippen LogP contribution >= 0.6 is 0 Å². The summed E-state index contributed by atoms with van der Waals surface area (Å²) in [6.45, 7) is 5.59. The van der Waals surface area contributed by atoms with E-state index in [-0.39, 0.29) is 5.91 Å². The van der Waals surface area contributed by atoms with Crippen LogP contribution in [0.25, 0.3) is 0 Å². The highest BCUT2D eigenvalue weighted by Crippen LogP contribution is 2.34. The lowest BCUT2D eigenvalue weighted by molar-refractivity contribution is -0.134. The van der Waals surface area contributed by atoms with Gasteiger partial charge in [0, 0.05) is 31.6 Å². The molecule has 84 valence electrons.